The Labute approximate surface area is 150 Å². The third kappa shape index (κ3) is 5.28. The first-order valence-electron chi connectivity index (χ1n) is 8.76. The molecule has 2 aromatic rings. The van der Waals surface area contributed by atoms with Crippen molar-refractivity contribution in [2.24, 2.45) is 0 Å². The molecular weight excluding hydrogens is 312 g/mol. The van der Waals surface area contributed by atoms with Gasteiger partial charge in [-0.05, 0) is 29.5 Å². The molecule has 0 fully saturated rings. The van der Waals surface area contributed by atoms with Crippen molar-refractivity contribution in [3.63, 3.8) is 0 Å². The van der Waals surface area contributed by atoms with Crippen molar-refractivity contribution in [3.8, 4) is 0 Å². The zero-order valence-electron chi connectivity index (χ0n) is 15.8. The number of rotatable bonds is 6. The SMILES string of the molecule is CCCCN(C)c1ncc(C(=O)Nc2ccc(C(C)(C)C)cc2)cn1. The number of hydrogen-bond donors (Lipinski definition) is 1. The van der Waals surface area contributed by atoms with Gasteiger partial charge in [-0.2, -0.15) is 0 Å². The summed E-state index contributed by atoms with van der Waals surface area (Å²) in [7, 11) is 1.96. The van der Waals surface area contributed by atoms with Crippen LogP contribution in [0.3, 0.4) is 0 Å². The Morgan fingerprint density at radius 2 is 1.72 bits per heavy atom. The normalized spacial score (nSPS) is 11.2. The maximum absolute atomic E-state index is 12.3. The number of unbranched alkanes of at least 4 members (excludes halogenated alkanes) is 1. The van der Waals surface area contributed by atoms with Crippen molar-refractivity contribution < 1.29 is 4.79 Å². The minimum absolute atomic E-state index is 0.0933. The van der Waals surface area contributed by atoms with Gasteiger partial charge in [0.05, 0.1) is 5.56 Å². The van der Waals surface area contributed by atoms with E-state index in [-0.39, 0.29) is 11.3 Å². The van der Waals surface area contributed by atoms with E-state index >= 15 is 0 Å². The van der Waals surface area contributed by atoms with E-state index in [9.17, 15) is 4.79 Å². The van der Waals surface area contributed by atoms with Crippen molar-refractivity contribution in [1.82, 2.24) is 9.97 Å². The van der Waals surface area contributed by atoms with Gasteiger partial charge in [0, 0.05) is 31.7 Å². The lowest BCUT2D eigenvalue weighted by Crippen LogP contribution is -2.21. The van der Waals surface area contributed by atoms with Crippen LogP contribution in [0.25, 0.3) is 0 Å². The van der Waals surface area contributed by atoms with Crippen molar-refractivity contribution in [2.45, 2.75) is 46.0 Å². The number of nitrogens with zero attached hydrogens (tertiary/aromatic N) is 3. The number of hydrogen-bond acceptors (Lipinski definition) is 4. The summed E-state index contributed by atoms with van der Waals surface area (Å²) in [5, 5.41) is 2.89. The summed E-state index contributed by atoms with van der Waals surface area (Å²) < 4.78 is 0. The maximum atomic E-state index is 12.3. The number of anilines is 2. The third-order valence-corrected chi connectivity index (χ3v) is 4.10. The molecular formula is C20H28N4O. The molecule has 1 aromatic heterocycles. The number of benzene rings is 1. The number of carbonyl (C=O) groups excluding carboxylic acids is 1. The fraction of sp³-hybridized carbons (Fsp3) is 0.450. The lowest BCUT2D eigenvalue weighted by atomic mass is 9.87. The van der Waals surface area contributed by atoms with Crippen molar-refractivity contribution in [1.29, 1.82) is 0 Å². The van der Waals surface area contributed by atoms with Crippen LogP contribution in [0.4, 0.5) is 11.6 Å². The second-order valence-electron chi connectivity index (χ2n) is 7.33. The molecule has 0 saturated carbocycles. The first kappa shape index (κ1) is 18.9. The van der Waals surface area contributed by atoms with Gasteiger partial charge in [0.1, 0.15) is 0 Å². The monoisotopic (exact) mass is 340 g/mol. The zero-order chi connectivity index (χ0) is 18.4. The topological polar surface area (TPSA) is 58.1 Å². The lowest BCUT2D eigenvalue weighted by Gasteiger charge is -2.19. The van der Waals surface area contributed by atoms with Gasteiger partial charge in [0.15, 0.2) is 0 Å². The molecule has 0 unspecified atom stereocenters. The van der Waals surface area contributed by atoms with Crippen molar-refractivity contribution >= 4 is 17.5 Å². The van der Waals surface area contributed by atoms with Crippen LogP contribution < -0.4 is 10.2 Å². The van der Waals surface area contributed by atoms with E-state index in [1.54, 1.807) is 12.4 Å². The highest BCUT2D eigenvalue weighted by molar-refractivity contribution is 6.03. The van der Waals surface area contributed by atoms with E-state index in [1.807, 2.05) is 36.2 Å². The van der Waals surface area contributed by atoms with E-state index in [0.29, 0.717) is 11.5 Å². The predicted octanol–water partition coefficient (Wildman–Crippen LogP) is 4.26. The highest BCUT2D eigenvalue weighted by Gasteiger charge is 2.14. The van der Waals surface area contributed by atoms with Crippen LogP contribution in [-0.2, 0) is 5.41 Å². The molecule has 1 amide bonds. The lowest BCUT2D eigenvalue weighted by molar-refractivity contribution is 0.102. The minimum atomic E-state index is -0.203. The van der Waals surface area contributed by atoms with Crippen LogP contribution in [0.5, 0.6) is 0 Å². The van der Waals surface area contributed by atoms with Gasteiger partial charge < -0.3 is 10.2 Å². The summed E-state index contributed by atoms with van der Waals surface area (Å²) in [6, 6.07) is 7.92. The summed E-state index contributed by atoms with van der Waals surface area (Å²) in [5.41, 5.74) is 2.54. The van der Waals surface area contributed by atoms with E-state index in [4.69, 9.17) is 0 Å². The maximum Gasteiger partial charge on any atom is 0.258 e. The molecule has 5 heteroatoms. The van der Waals surface area contributed by atoms with E-state index in [0.717, 1.165) is 25.1 Å². The fourth-order valence-corrected chi connectivity index (χ4v) is 2.39. The Kier molecular flexibility index (Phi) is 6.12. The Bertz CT molecular complexity index is 687. The largest absolute Gasteiger partial charge is 0.344 e. The van der Waals surface area contributed by atoms with Gasteiger partial charge in [-0.3, -0.25) is 4.79 Å². The molecule has 25 heavy (non-hydrogen) atoms. The van der Waals surface area contributed by atoms with Crippen molar-refractivity contribution in [2.75, 3.05) is 23.8 Å². The van der Waals surface area contributed by atoms with Crippen LogP contribution in [-0.4, -0.2) is 29.5 Å². The van der Waals surface area contributed by atoms with Gasteiger partial charge in [-0.15, -0.1) is 0 Å². The molecule has 0 saturated heterocycles. The molecule has 0 aliphatic carbocycles. The molecule has 0 radical (unpaired) electrons. The highest BCUT2D eigenvalue weighted by atomic mass is 16.1. The Morgan fingerprint density at radius 1 is 1.12 bits per heavy atom. The van der Waals surface area contributed by atoms with Gasteiger partial charge >= 0.3 is 0 Å². The average molecular weight is 340 g/mol. The number of amides is 1. The summed E-state index contributed by atoms with van der Waals surface area (Å²) in [4.78, 5) is 22.9. The molecule has 5 nitrogen and oxygen atoms in total. The van der Waals surface area contributed by atoms with Crippen LogP contribution in [0.1, 0.15) is 56.5 Å². The molecule has 134 valence electrons. The standard InChI is InChI=1S/C20H28N4O/c1-6-7-12-24(5)19-21-13-15(14-22-19)18(25)23-17-10-8-16(9-11-17)20(2,3)4/h8-11,13-14H,6-7,12H2,1-5H3,(H,23,25). The van der Waals surface area contributed by atoms with Crippen molar-refractivity contribution in [3.05, 3.63) is 47.8 Å². The molecule has 0 aliphatic heterocycles. The van der Waals surface area contributed by atoms with Crippen LogP contribution in [0, 0.1) is 0 Å². The molecule has 0 aliphatic rings. The second-order valence-corrected chi connectivity index (χ2v) is 7.33. The zero-order valence-corrected chi connectivity index (χ0v) is 15.8. The molecule has 0 atom stereocenters. The highest BCUT2D eigenvalue weighted by Crippen LogP contribution is 2.23. The molecule has 0 spiro atoms. The second kappa shape index (κ2) is 8.10. The third-order valence-electron chi connectivity index (χ3n) is 4.10. The summed E-state index contributed by atoms with van der Waals surface area (Å²) >= 11 is 0. The molecule has 1 aromatic carbocycles. The first-order chi connectivity index (χ1) is 11.8. The minimum Gasteiger partial charge on any atom is -0.344 e. The Balaban J connectivity index is 2.01. The molecule has 1 heterocycles. The summed E-state index contributed by atoms with van der Waals surface area (Å²) in [6.07, 6.45) is 5.36. The molecule has 2 rings (SSSR count). The first-order valence-corrected chi connectivity index (χ1v) is 8.76. The molecule has 0 bridgehead atoms. The van der Waals surface area contributed by atoms with Gasteiger partial charge in [0.25, 0.3) is 5.91 Å². The van der Waals surface area contributed by atoms with Gasteiger partial charge in [0.2, 0.25) is 5.95 Å². The van der Waals surface area contributed by atoms with E-state index in [2.05, 4.69) is 43.0 Å². The average Bonchev–Trinajstić information content (AvgIpc) is 2.59. The van der Waals surface area contributed by atoms with E-state index < -0.39 is 0 Å². The smallest absolute Gasteiger partial charge is 0.258 e. The molecule has 1 N–H and O–H groups in total. The quantitative estimate of drug-likeness (QED) is 0.853. The number of aromatic nitrogens is 2. The van der Waals surface area contributed by atoms with Gasteiger partial charge in [-0.25, -0.2) is 9.97 Å². The Morgan fingerprint density at radius 3 is 2.24 bits per heavy atom. The summed E-state index contributed by atoms with van der Waals surface area (Å²) in [5.74, 6) is 0.436. The predicted molar refractivity (Wildman–Crippen MR) is 103 cm³/mol. The summed E-state index contributed by atoms with van der Waals surface area (Å²) in [6.45, 7) is 9.54. The van der Waals surface area contributed by atoms with Crippen LogP contribution in [0.15, 0.2) is 36.7 Å². The van der Waals surface area contributed by atoms with Crippen LogP contribution in [0.2, 0.25) is 0 Å². The van der Waals surface area contributed by atoms with E-state index in [1.165, 1.54) is 5.56 Å². The van der Waals surface area contributed by atoms with Gasteiger partial charge in [-0.1, -0.05) is 46.2 Å². The number of nitrogens with one attached hydrogen (secondary N) is 1. The Hall–Kier alpha value is -2.43. The fourth-order valence-electron chi connectivity index (χ4n) is 2.39. The van der Waals surface area contributed by atoms with Crippen LogP contribution >= 0.6 is 0 Å². The number of carbonyl (C=O) groups is 1.